The fraction of sp³-hybridized carbons (Fsp3) is 0.133. The van der Waals surface area contributed by atoms with Gasteiger partial charge in [0, 0.05) is 5.56 Å². The molecule has 0 radical (unpaired) electrons. The first kappa shape index (κ1) is 12.0. The van der Waals surface area contributed by atoms with Gasteiger partial charge in [0.15, 0.2) is 0 Å². The minimum Gasteiger partial charge on any atom is -0.383 e. The van der Waals surface area contributed by atoms with Crippen molar-refractivity contribution < 1.29 is 0 Å². The molecule has 2 N–H and O–H groups in total. The minimum absolute atomic E-state index is 0.733. The molecule has 19 heavy (non-hydrogen) atoms. The van der Waals surface area contributed by atoms with Gasteiger partial charge in [0.2, 0.25) is 0 Å². The molecule has 0 aliphatic carbocycles. The Labute approximate surface area is 116 Å². The summed E-state index contributed by atoms with van der Waals surface area (Å²) in [5, 5.41) is 6.76. The monoisotopic (exact) mass is 269 g/mol. The minimum atomic E-state index is 0.733. The van der Waals surface area contributed by atoms with Crippen LogP contribution in [0.2, 0.25) is 0 Å². The van der Waals surface area contributed by atoms with E-state index in [1.807, 2.05) is 41.1 Å². The van der Waals surface area contributed by atoms with Crippen LogP contribution in [0, 0.1) is 0 Å². The van der Waals surface area contributed by atoms with Crippen LogP contribution in [-0.4, -0.2) is 9.78 Å². The molecule has 0 saturated heterocycles. The SMILES string of the molecule is CCc1c(-c2cccs2)nn(-c2ccccc2)c1N. The van der Waals surface area contributed by atoms with Gasteiger partial charge < -0.3 is 5.73 Å². The van der Waals surface area contributed by atoms with Gasteiger partial charge in [-0.25, -0.2) is 4.68 Å². The molecule has 0 spiro atoms. The van der Waals surface area contributed by atoms with Gasteiger partial charge in [-0.2, -0.15) is 5.10 Å². The van der Waals surface area contributed by atoms with Gasteiger partial charge in [0.25, 0.3) is 0 Å². The zero-order valence-corrected chi connectivity index (χ0v) is 11.5. The second kappa shape index (κ2) is 4.90. The zero-order valence-electron chi connectivity index (χ0n) is 10.7. The van der Waals surface area contributed by atoms with Crippen LogP contribution in [0.5, 0.6) is 0 Å². The molecule has 0 unspecified atom stereocenters. The fourth-order valence-corrected chi connectivity index (χ4v) is 2.93. The molecule has 0 amide bonds. The topological polar surface area (TPSA) is 43.8 Å². The Balaban J connectivity index is 2.18. The van der Waals surface area contributed by atoms with Gasteiger partial charge in [-0.15, -0.1) is 11.3 Å². The number of thiophene rings is 1. The lowest BCUT2D eigenvalue weighted by Crippen LogP contribution is -2.02. The summed E-state index contributed by atoms with van der Waals surface area (Å²) < 4.78 is 1.83. The van der Waals surface area contributed by atoms with Crippen molar-refractivity contribution in [2.75, 3.05) is 5.73 Å². The van der Waals surface area contributed by atoms with E-state index in [9.17, 15) is 0 Å². The number of hydrogen-bond donors (Lipinski definition) is 1. The molecular formula is C15H15N3S. The fourth-order valence-electron chi connectivity index (χ4n) is 2.19. The summed E-state index contributed by atoms with van der Waals surface area (Å²) in [6.45, 7) is 2.11. The lowest BCUT2D eigenvalue weighted by Gasteiger charge is -2.03. The van der Waals surface area contributed by atoms with Crippen LogP contribution in [0.3, 0.4) is 0 Å². The molecule has 2 aromatic heterocycles. The molecule has 1 aromatic carbocycles. The Morgan fingerprint density at radius 3 is 2.58 bits per heavy atom. The highest BCUT2D eigenvalue weighted by molar-refractivity contribution is 7.13. The number of aromatic nitrogens is 2. The average Bonchev–Trinajstić information content (AvgIpc) is 3.07. The lowest BCUT2D eigenvalue weighted by atomic mass is 10.1. The third-order valence-corrected chi connectivity index (χ3v) is 4.01. The smallest absolute Gasteiger partial charge is 0.131 e. The zero-order chi connectivity index (χ0) is 13.2. The van der Waals surface area contributed by atoms with E-state index in [4.69, 9.17) is 10.8 Å². The first-order valence-electron chi connectivity index (χ1n) is 6.28. The van der Waals surface area contributed by atoms with E-state index in [1.54, 1.807) is 11.3 Å². The molecule has 3 rings (SSSR count). The van der Waals surface area contributed by atoms with Gasteiger partial charge in [-0.3, -0.25) is 0 Å². The number of rotatable bonds is 3. The number of nitrogens with two attached hydrogens (primary N) is 1. The molecule has 3 nitrogen and oxygen atoms in total. The van der Waals surface area contributed by atoms with Crippen LogP contribution in [0.25, 0.3) is 16.3 Å². The molecule has 0 saturated carbocycles. The van der Waals surface area contributed by atoms with Crippen molar-refractivity contribution in [3.05, 3.63) is 53.4 Å². The first-order chi connectivity index (χ1) is 9.31. The molecule has 0 aliphatic rings. The maximum atomic E-state index is 6.26. The molecule has 4 heteroatoms. The number of nitrogens with zero attached hydrogens (tertiary/aromatic N) is 2. The van der Waals surface area contributed by atoms with Crippen molar-refractivity contribution >= 4 is 17.2 Å². The number of para-hydroxylation sites is 1. The quantitative estimate of drug-likeness (QED) is 0.787. The van der Waals surface area contributed by atoms with E-state index >= 15 is 0 Å². The maximum absolute atomic E-state index is 6.26. The normalized spacial score (nSPS) is 10.8. The second-order valence-electron chi connectivity index (χ2n) is 4.29. The molecule has 3 aromatic rings. The summed E-state index contributed by atoms with van der Waals surface area (Å²) in [6, 6.07) is 14.1. The van der Waals surface area contributed by atoms with Gasteiger partial charge >= 0.3 is 0 Å². The summed E-state index contributed by atoms with van der Waals surface area (Å²) in [6.07, 6.45) is 0.881. The van der Waals surface area contributed by atoms with Crippen molar-refractivity contribution in [3.8, 4) is 16.3 Å². The largest absolute Gasteiger partial charge is 0.383 e. The Morgan fingerprint density at radius 2 is 1.95 bits per heavy atom. The van der Waals surface area contributed by atoms with E-state index < -0.39 is 0 Å². The summed E-state index contributed by atoms with van der Waals surface area (Å²) >= 11 is 1.69. The van der Waals surface area contributed by atoms with Gasteiger partial charge in [0.05, 0.1) is 10.6 Å². The van der Waals surface area contributed by atoms with E-state index in [2.05, 4.69) is 18.4 Å². The maximum Gasteiger partial charge on any atom is 0.131 e. The second-order valence-corrected chi connectivity index (χ2v) is 5.24. The molecule has 96 valence electrons. The van der Waals surface area contributed by atoms with Crippen LogP contribution in [0.1, 0.15) is 12.5 Å². The Bertz CT molecular complexity index is 669. The summed E-state index contributed by atoms with van der Waals surface area (Å²) in [5.74, 6) is 0.733. The summed E-state index contributed by atoms with van der Waals surface area (Å²) in [5.41, 5.74) is 9.37. The number of nitrogen functional groups attached to an aromatic ring is 1. The Kier molecular flexibility index (Phi) is 3.09. The third kappa shape index (κ3) is 2.04. The first-order valence-corrected chi connectivity index (χ1v) is 7.16. The summed E-state index contributed by atoms with van der Waals surface area (Å²) in [7, 11) is 0. The van der Waals surface area contributed by atoms with E-state index in [-0.39, 0.29) is 0 Å². The van der Waals surface area contributed by atoms with Gasteiger partial charge in [-0.1, -0.05) is 31.2 Å². The molecule has 0 fully saturated rings. The average molecular weight is 269 g/mol. The van der Waals surface area contributed by atoms with Gasteiger partial charge in [-0.05, 0) is 30.0 Å². The highest BCUT2D eigenvalue weighted by Gasteiger charge is 2.16. The van der Waals surface area contributed by atoms with Crippen molar-refractivity contribution in [2.24, 2.45) is 0 Å². The van der Waals surface area contributed by atoms with Crippen LogP contribution >= 0.6 is 11.3 Å². The van der Waals surface area contributed by atoms with Crippen LogP contribution in [0.15, 0.2) is 47.8 Å². The van der Waals surface area contributed by atoms with E-state index in [1.165, 1.54) is 4.88 Å². The van der Waals surface area contributed by atoms with Crippen LogP contribution in [-0.2, 0) is 6.42 Å². The summed E-state index contributed by atoms with van der Waals surface area (Å²) in [4.78, 5) is 1.17. The predicted octanol–water partition coefficient (Wildman–Crippen LogP) is 3.75. The van der Waals surface area contributed by atoms with Crippen molar-refractivity contribution in [1.82, 2.24) is 9.78 Å². The third-order valence-electron chi connectivity index (χ3n) is 3.13. The highest BCUT2D eigenvalue weighted by atomic mass is 32.1. The Hall–Kier alpha value is -2.07. The number of hydrogen-bond acceptors (Lipinski definition) is 3. The van der Waals surface area contributed by atoms with E-state index in [0.717, 1.165) is 29.2 Å². The molecule has 0 atom stereocenters. The van der Waals surface area contributed by atoms with Crippen molar-refractivity contribution in [1.29, 1.82) is 0 Å². The van der Waals surface area contributed by atoms with Gasteiger partial charge in [0.1, 0.15) is 11.5 Å². The van der Waals surface area contributed by atoms with Crippen molar-refractivity contribution in [3.63, 3.8) is 0 Å². The molecule has 0 aliphatic heterocycles. The highest BCUT2D eigenvalue weighted by Crippen LogP contribution is 2.32. The number of benzene rings is 1. The van der Waals surface area contributed by atoms with Crippen molar-refractivity contribution in [2.45, 2.75) is 13.3 Å². The predicted molar refractivity (Wildman–Crippen MR) is 80.7 cm³/mol. The van der Waals surface area contributed by atoms with Crippen LogP contribution < -0.4 is 5.73 Å². The molecular weight excluding hydrogens is 254 g/mol. The standard InChI is InChI=1S/C15H15N3S/c1-2-12-14(13-9-6-10-19-13)17-18(15(12)16)11-7-4-3-5-8-11/h3-10H,2,16H2,1H3. The Morgan fingerprint density at radius 1 is 1.16 bits per heavy atom. The van der Waals surface area contributed by atoms with E-state index in [0.29, 0.717) is 0 Å². The molecule has 2 heterocycles. The number of anilines is 1. The molecule has 0 bridgehead atoms. The van der Waals surface area contributed by atoms with Crippen LogP contribution in [0.4, 0.5) is 5.82 Å². The lowest BCUT2D eigenvalue weighted by molar-refractivity contribution is 0.895.